The molecule has 0 bridgehead atoms. The van der Waals surface area contributed by atoms with Gasteiger partial charge in [-0.15, -0.1) is 0 Å². The number of ether oxygens (including phenoxy) is 1. The minimum absolute atomic E-state index is 0.0233. The van der Waals surface area contributed by atoms with E-state index in [0.717, 1.165) is 5.69 Å². The molecule has 1 saturated heterocycles. The van der Waals surface area contributed by atoms with Crippen molar-refractivity contribution in [1.29, 1.82) is 0 Å². The maximum Gasteiger partial charge on any atom is 0.269 e. The second kappa shape index (κ2) is 9.90. The van der Waals surface area contributed by atoms with Gasteiger partial charge in [-0.05, 0) is 30.3 Å². The highest BCUT2D eigenvalue weighted by atomic mass is 16.6. The Morgan fingerprint density at radius 2 is 1.84 bits per heavy atom. The summed E-state index contributed by atoms with van der Waals surface area (Å²) < 4.78 is 5.10. The molecule has 2 amide bonds. The highest BCUT2D eigenvalue weighted by molar-refractivity contribution is 5.97. The molecule has 0 aliphatic carbocycles. The number of non-ortho nitro benzene ring substituents is 1. The fourth-order valence-electron chi connectivity index (χ4n) is 3.38. The van der Waals surface area contributed by atoms with E-state index in [1.165, 1.54) is 19.2 Å². The Morgan fingerprint density at radius 1 is 1.16 bits per heavy atom. The Hall–Kier alpha value is -3.66. The zero-order chi connectivity index (χ0) is 22.4. The zero-order valence-electron chi connectivity index (χ0n) is 17.1. The van der Waals surface area contributed by atoms with Crippen molar-refractivity contribution in [3.63, 3.8) is 0 Å². The number of methoxy groups -OCH3 is 1. The van der Waals surface area contributed by atoms with Gasteiger partial charge in [-0.1, -0.05) is 6.07 Å². The molecule has 0 saturated carbocycles. The van der Waals surface area contributed by atoms with Crippen molar-refractivity contribution in [2.45, 2.75) is 6.04 Å². The summed E-state index contributed by atoms with van der Waals surface area (Å²) in [6.45, 7) is 1.36. The van der Waals surface area contributed by atoms with Crippen LogP contribution in [0.25, 0.3) is 0 Å². The number of nitro groups is 1. The van der Waals surface area contributed by atoms with Gasteiger partial charge in [-0.3, -0.25) is 19.7 Å². The van der Waals surface area contributed by atoms with Crippen LogP contribution in [0.2, 0.25) is 0 Å². The summed E-state index contributed by atoms with van der Waals surface area (Å²) in [5.41, 5.74) is 1.19. The SMILES string of the molecule is COc1cccc(C(=O)N[C@@H](CO)C(=O)N2CCN(c3ccc([N+](=O)[O-])cc3)CC2)c1. The predicted octanol–water partition coefficient (Wildman–Crippen LogP) is 1.04. The van der Waals surface area contributed by atoms with Crippen LogP contribution in [-0.4, -0.2) is 72.7 Å². The molecule has 1 aliphatic rings. The largest absolute Gasteiger partial charge is 0.497 e. The van der Waals surface area contributed by atoms with E-state index in [1.807, 2.05) is 4.90 Å². The average Bonchev–Trinajstić information content (AvgIpc) is 2.82. The third-order valence-electron chi connectivity index (χ3n) is 5.13. The monoisotopic (exact) mass is 428 g/mol. The van der Waals surface area contributed by atoms with Gasteiger partial charge in [0.25, 0.3) is 11.6 Å². The standard InChI is InChI=1S/C21H24N4O6/c1-31-18-4-2-3-15(13-18)20(27)22-19(14-26)21(28)24-11-9-23(10-12-24)16-5-7-17(8-6-16)25(29)30/h2-8,13,19,26H,9-12,14H2,1H3,(H,22,27)/t19-/m0/s1. The zero-order valence-corrected chi connectivity index (χ0v) is 17.1. The molecule has 0 spiro atoms. The van der Waals surface area contributed by atoms with Crippen molar-refractivity contribution in [1.82, 2.24) is 10.2 Å². The van der Waals surface area contributed by atoms with Crippen molar-refractivity contribution in [2.24, 2.45) is 0 Å². The number of anilines is 1. The van der Waals surface area contributed by atoms with Gasteiger partial charge in [0, 0.05) is 49.6 Å². The van der Waals surface area contributed by atoms with Crippen molar-refractivity contribution < 1.29 is 24.4 Å². The highest BCUT2D eigenvalue weighted by Gasteiger charge is 2.28. The van der Waals surface area contributed by atoms with Gasteiger partial charge in [0.1, 0.15) is 11.8 Å². The van der Waals surface area contributed by atoms with E-state index in [1.54, 1.807) is 41.3 Å². The van der Waals surface area contributed by atoms with E-state index in [0.29, 0.717) is 37.5 Å². The highest BCUT2D eigenvalue weighted by Crippen LogP contribution is 2.21. The number of nitrogens with zero attached hydrogens (tertiary/aromatic N) is 3. The molecule has 1 atom stereocenters. The second-order valence-electron chi connectivity index (χ2n) is 7.03. The lowest BCUT2D eigenvalue weighted by Crippen LogP contribution is -2.56. The summed E-state index contributed by atoms with van der Waals surface area (Å²) in [7, 11) is 1.49. The Balaban J connectivity index is 1.57. The first-order valence-corrected chi connectivity index (χ1v) is 9.77. The Kier molecular flexibility index (Phi) is 7.03. The maximum atomic E-state index is 12.8. The molecule has 0 unspecified atom stereocenters. The molecule has 0 radical (unpaired) electrons. The lowest BCUT2D eigenvalue weighted by atomic mass is 10.1. The Bertz CT molecular complexity index is 941. The van der Waals surface area contributed by atoms with Crippen LogP contribution in [0, 0.1) is 10.1 Å². The molecule has 10 nitrogen and oxygen atoms in total. The fraction of sp³-hybridized carbons (Fsp3) is 0.333. The number of hydrogen-bond donors (Lipinski definition) is 2. The molecule has 0 aromatic heterocycles. The van der Waals surface area contributed by atoms with Gasteiger partial charge in [0.2, 0.25) is 5.91 Å². The smallest absolute Gasteiger partial charge is 0.269 e. The number of piperazine rings is 1. The number of aliphatic hydroxyl groups excluding tert-OH is 1. The minimum Gasteiger partial charge on any atom is -0.497 e. The fourth-order valence-corrected chi connectivity index (χ4v) is 3.38. The molecule has 3 rings (SSSR count). The summed E-state index contributed by atoms with van der Waals surface area (Å²) in [6, 6.07) is 11.7. The van der Waals surface area contributed by atoms with Crippen LogP contribution >= 0.6 is 0 Å². The number of nitrogens with one attached hydrogen (secondary N) is 1. The Labute approximate surface area is 179 Å². The lowest BCUT2D eigenvalue weighted by molar-refractivity contribution is -0.384. The summed E-state index contributed by atoms with van der Waals surface area (Å²) >= 11 is 0. The number of rotatable bonds is 7. The van der Waals surface area contributed by atoms with Gasteiger partial charge >= 0.3 is 0 Å². The van der Waals surface area contributed by atoms with Gasteiger partial charge < -0.3 is 25.0 Å². The van der Waals surface area contributed by atoms with Crippen molar-refractivity contribution in [3.05, 3.63) is 64.2 Å². The molecule has 2 aromatic rings. The molecular weight excluding hydrogens is 404 g/mol. The van der Waals surface area contributed by atoms with Gasteiger partial charge in [0.05, 0.1) is 18.6 Å². The van der Waals surface area contributed by atoms with Crippen LogP contribution in [0.3, 0.4) is 0 Å². The first-order valence-electron chi connectivity index (χ1n) is 9.77. The molecule has 1 aliphatic heterocycles. The number of hydrogen-bond acceptors (Lipinski definition) is 7. The average molecular weight is 428 g/mol. The van der Waals surface area contributed by atoms with E-state index in [2.05, 4.69) is 5.32 Å². The van der Waals surface area contributed by atoms with Gasteiger partial charge in [0.15, 0.2) is 0 Å². The number of amides is 2. The van der Waals surface area contributed by atoms with Crippen LogP contribution in [0.4, 0.5) is 11.4 Å². The van der Waals surface area contributed by atoms with Crippen LogP contribution in [-0.2, 0) is 4.79 Å². The minimum atomic E-state index is -1.05. The number of carbonyl (C=O) groups excluding carboxylic acids is 2. The van der Waals surface area contributed by atoms with Crippen molar-refractivity contribution in [2.75, 3.05) is 44.8 Å². The number of aliphatic hydroxyl groups is 1. The molecule has 31 heavy (non-hydrogen) atoms. The molecule has 1 fully saturated rings. The van der Waals surface area contributed by atoms with Crippen LogP contribution in [0.5, 0.6) is 5.75 Å². The van der Waals surface area contributed by atoms with E-state index < -0.39 is 23.5 Å². The van der Waals surface area contributed by atoms with Crippen LogP contribution in [0.1, 0.15) is 10.4 Å². The topological polar surface area (TPSA) is 125 Å². The van der Waals surface area contributed by atoms with Crippen LogP contribution in [0.15, 0.2) is 48.5 Å². The first kappa shape index (κ1) is 22.0. The third-order valence-corrected chi connectivity index (χ3v) is 5.13. The van der Waals surface area contributed by atoms with Crippen molar-refractivity contribution in [3.8, 4) is 5.75 Å². The summed E-state index contributed by atoms with van der Waals surface area (Å²) in [4.78, 5) is 39.2. The second-order valence-corrected chi connectivity index (χ2v) is 7.03. The maximum absolute atomic E-state index is 12.8. The van der Waals surface area contributed by atoms with E-state index in [-0.39, 0.29) is 11.6 Å². The third kappa shape index (κ3) is 5.28. The first-order chi connectivity index (χ1) is 14.9. The predicted molar refractivity (Wildman–Crippen MR) is 113 cm³/mol. The van der Waals surface area contributed by atoms with Crippen molar-refractivity contribution >= 4 is 23.2 Å². The lowest BCUT2D eigenvalue weighted by Gasteiger charge is -2.37. The van der Waals surface area contributed by atoms with E-state index in [9.17, 15) is 24.8 Å². The van der Waals surface area contributed by atoms with E-state index in [4.69, 9.17) is 4.74 Å². The number of benzene rings is 2. The van der Waals surface area contributed by atoms with Crippen LogP contribution < -0.4 is 15.0 Å². The molecule has 164 valence electrons. The normalized spacial score (nSPS) is 14.6. The summed E-state index contributed by atoms with van der Waals surface area (Å²) in [5, 5.41) is 23.0. The molecule has 1 heterocycles. The summed E-state index contributed by atoms with van der Waals surface area (Å²) in [6.07, 6.45) is 0. The molecular formula is C21H24N4O6. The van der Waals surface area contributed by atoms with Gasteiger partial charge in [-0.2, -0.15) is 0 Å². The van der Waals surface area contributed by atoms with Gasteiger partial charge in [-0.25, -0.2) is 0 Å². The summed E-state index contributed by atoms with van der Waals surface area (Å²) in [5.74, 6) is -0.320. The number of carbonyl (C=O) groups is 2. The molecule has 2 aromatic carbocycles. The number of nitro benzene ring substituents is 1. The quantitative estimate of drug-likeness (QED) is 0.499. The van der Waals surface area contributed by atoms with E-state index >= 15 is 0 Å². The Morgan fingerprint density at radius 3 is 2.42 bits per heavy atom. The molecule has 10 heteroatoms. The molecule has 2 N–H and O–H groups in total.